The summed E-state index contributed by atoms with van der Waals surface area (Å²) in [6.45, 7) is 4.75. The number of hydrogen-bond acceptors (Lipinski definition) is 2. The van der Waals surface area contributed by atoms with E-state index in [4.69, 9.17) is 39.5 Å². The monoisotopic (exact) mass is 427 g/mol. The van der Waals surface area contributed by atoms with Gasteiger partial charge in [-0.1, -0.05) is 41.4 Å². The van der Waals surface area contributed by atoms with Crippen LogP contribution >= 0.6 is 34.8 Å². The number of methoxy groups -OCH3 is 1. The number of alkyl halides is 1. The lowest BCUT2D eigenvalue weighted by molar-refractivity contribution is -0.139. The second-order valence-electron chi connectivity index (χ2n) is 7.08. The van der Waals surface area contributed by atoms with Crippen LogP contribution in [-0.2, 0) is 17.8 Å². The molecule has 2 rings (SSSR count). The fraction of sp³-hybridized carbons (Fsp3) is 0.381. The summed E-state index contributed by atoms with van der Waals surface area (Å²) in [5.41, 5.74) is 1.34. The van der Waals surface area contributed by atoms with Gasteiger partial charge in [-0.25, -0.2) is 0 Å². The topological polar surface area (TPSA) is 29.5 Å². The Balaban J connectivity index is 2.19. The maximum atomic E-state index is 13.0. The largest absolute Gasteiger partial charge is 0.497 e. The Morgan fingerprint density at radius 2 is 1.78 bits per heavy atom. The number of rotatable bonds is 8. The number of hydrogen-bond donors (Lipinski definition) is 0. The van der Waals surface area contributed by atoms with Gasteiger partial charge in [-0.2, -0.15) is 0 Å². The van der Waals surface area contributed by atoms with E-state index in [0.29, 0.717) is 29.6 Å². The van der Waals surface area contributed by atoms with E-state index in [2.05, 4.69) is 0 Å². The molecule has 0 radical (unpaired) electrons. The highest BCUT2D eigenvalue weighted by atomic mass is 35.5. The molecule has 6 heteroatoms. The van der Waals surface area contributed by atoms with Gasteiger partial charge in [0, 0.05) is 29.0 Å². The predicted molar refractivity (Wildman–Crippen MR) is 113 cm³/mol. The van der Waals surface area contributed by atoms with Gasteiger partial charge in [0.15, 0.2) is 0 Å². The van der Waals surface area contributed by atoms with Crippen molar-refractivity contribution in [3.63, 3.8) is 0 Å². The van der Waals surface area contributed by atoms with Crippen LogP contribution in [0.15, 0.2) is 42.5 Å². The number of amides is 1. The summed E-state index contributed by atoms with van der Waals surface area (Å²) >= 11 is 18.3. The van der Waals surface area contributed by atoms with Crippen molar-refractivity contribution in [3.8, 4) is 5.75 Å². The van der Waals surface area contributed by atoms with Crippen LogP contribution in [0.2, 0.25) is 10.0 Å². The average molecular weight is 429 g/mol. The Labute approximate surface area is 176 Å². The third kappa shape index (κ3) is 6.03. The molecule has 0 aliphatic rings. The normalized spacial score (nSPS) is 11.3. The smallest absolute Gasteiger partial charge is 0.229 e. The molecule has 27 heavy (non-hydrogen) atoms. The third-order valence-electron chi connectivity index (χ3n) is 4.40. The molecule has 0 aliphatic carbocycles. The van der Waals surface area contributed by atoms with Gasteiger partial charge < -0.3 is 9.64 Å². The summed E-state index contributed by atoms with van der Waals surface area (Å²) in [7, 11) is 1.63. The van der Waals surface area contributed by atoms with Gasteiger partial charge in [-0.3, -0.25) is 4.79 Å². The molecule has 0 saturated heterocycles. The molecule has 0 aromatic heterocycles. The molecule has 0 unspecified atom stereocenters. The van der Waals surface area contributed by atoms with Crippen molar-refractivity contribution in [3.05, 3.63) is 63.6 Å². The molecule has 2 aromatic carbocycles. The fourth-order valence-electron chi connectivity index (χ4n) is 2.67. The summed E-state index contributed by atoms with van der Waals surface area (Å²) in [4.78, 5) is 14.9. The van der Waals surface area contributed by atoms with Gasteiger partial charge in [0.2, 0.25) is 5.91 Å². The van der Waals surface area contributed by atoms with Crippen molar-refractivity contribution in [1.29, 1.82) is 0 Å². The van der Waals surface area contributed by atoms with E-state index >= 15 is 0 Å². The number of halogens is 3. The van der Waals surface area contributed by atoms with Crippen molar-refractivity contribution in [1.82, 2.24) is 4.90 Å². The minimum absolute atomic E-state index is 0.0124. The minimum atomic E-state index is -0.641. The first-order chi connectivity index (χ1) is 12.8. The van der Waals surface area contributed by atoms with Gasteiger partial charge >= 0.3 is 0 Å². The van der Waals surface area contributed by atoms with Gasteiger partial charge in [0.05, 0.1) is 12.5 Å². The molecule has 0 spiro atoms. The Morgan fingerprint density at radius 3 is 2.33 bits per heavy atom. The first-order valence-corrected chi connectivity index (χ1v) is 9.98. The van der Waals surface area contributed by atoms with Crippen LogP contribution in [0.5, 0.6) is 5.75 Å². The van der Waals surface area contributed by atoms with Crippen LogP contribution in [0, 0.1) is 5.41 Å². The van der Waals surface area contributed by atoms with Crippen molar-refractivity contribution in [2.45, 2.75) is 26.8 Å². The zero-order chi connectivity index (χ0) is 20.0. The summed E-state index contributed by atoms with van der Waals surface area (Å²) in [5.74, 6) is 1.05. The molecule has 0 heterocycles. The molecule has 0 bridgehead atoms. The van der Waals surface area contributed by atoms with E-state index in [1.807, 2.05) is 49.1 Å². The zero-order valence-electron chi connectivity index (χ0n) is 15.8. The number of nitrogens with zero attached hydrogens (tertiary/aromatic N) is 1. The van der Waals surface area contributed by atoms with Crippen molar-refractivity contribution in [2.24, 2.45) is 5.41 Å². The molecule has 146 valence electrons. The lowest BCUT2D eigenvalue weighted by Gasteiger charge is -2.31. The van der Waals surface area contributed by atoms with Gasteiger partial charge in [0.25, 0.3) is 0 Å². The van der Waals surface area contributed by atoms with Gasteiger partial charge in [0.1, 0.15) is 5.75 Å². The Morgan fingerprint density at radius 1 is 1.11 bits per heavy atom. The van der Waals surface area contributed by atoms with E-state index in [1.165, 1.54) is 0 Å². The average Bonchev–Trinajstić information content (AvgIpc) is 2.66. The van der Waals surface area contributed by atoms with Crippen molar-refractivity contribution >= 4 is 40.7 Å². The van der Waals surface area contributed by atoms with E-state index < -0.39 is 5.41 Å². The molecule has 0 atom stereocenters. The fourth-order valence-corrected chi connectivity index (χ4v) is 3.29. The van der Waals surface area contributed by atoms with E-state index in [0.717, 1.165) is 16.9 Å². The second kappa shape index (κ2) is 9.68. The molecule has 0 fully saturated rings. The highest BCUT2D eigenvalue weighted by molar-refractivity contribution is 6.35. The van der Waals surface area contributed by atoms with Gasteiger partial charge in [-0.15, -0.1) is 11.6 Å². The highest BCUT2D eigenvalue weighted by Crippen LogP contribution is 2.25. The number of benzene rings is 2. The maximum Gasteiger partial charge on any atom is 0.229 e. The maximum absolute atomic E-state index is 13.0. The van der Waals surface area contributed by atoms with Crippen LogP contribution < -0.4 is 4.74 Å². The summed E-state index contributed by atoms with van der Waals surface area (Å²) < 4.78 is 5.20. The minimum Gasteiger partial charge on any atom is -0.497 e. The van der Waals surface area contributed by atoms with E-state index in [9.17, 15) is 4.79 Å². The third-order valence-corrected chi connectivity index (χ3v) is 5.65. The Bertz CT molecular complexity index is 775. The lowest BCUT2D eigenvalue weighted by Crippen LogP contribution is -2.42. The van der Waals surface area contributed by atoms with Crippen LogP contribution in [0.3, 0.4) is 0 Å². The van der Waals surface area contributed by atoms with E-state index in [1.54, 1.807) is 19.2 Å². The molecular formula is C21H24Cl3NO2. The molecule has 0 N–H and O–H groups in total. The summed E-state index contributed by atoms with van der Waals surface area (Å²) in [6, 6.07) is 13.1. The standard InChI is InChI=1S/C21H24Cl3NO2/c1-21(2,14-22)20(26)25(13-15-4-8-18(27-3)9-5-15)11-10-16-6-7-17(23)12-19(16)24/h4-9,12H,10-11,13-14H2,1-3H3. The second-order valence-corrected chi connectivity index (χ2v) is 8.19. The summed E-state index contributed by atoms with van der Waals surface area (Å²) in [6.07, 6.45) is 0.635. The molecule has 1 amide bonds. The lowest BCUT2D eigenvalue weighted by atomic mass is 9.93. The van der Waals surface area contributed by atoms with E-state index in [-0.39, 0.29) is 11.8 Å². The van der Waals surface area contributed by atoms with Crippen molar-refractivity contribution in [2.75, 3.05) is 19.5 Å². The van der Waals surface area contributed by atoms with Crippen LogP contribution in [0.25, 0.3) is 0 Å². The predicted octanol–water partition coefficient (Wildman–Crippen LogP) is 5.84. The van der Waals surface area contributed by atoms with Crippen LogP contribution in [0.4, 0.5) is 0 Å². The molecule has 2 aromatic rings. The zero-order valence-corrected chi connectivity index (χ0v) is 18.0. The quantitative estimate of drug-likeness (QED) is 0.494. The Hall–Kier alpha value is -1.42. The number of ether oxygens (including phenoxy) is 1. The summed E-state index contributed by atoms with van der Waals surface area (Å²) in [5, 5.41) is 1.20. The molecule has 0 saturated carbocycles. The SMILES string of the molecule is COc1ccc(CN(CCc2ccc(Cl)cc2Cl)C(=O)C(C)(C)CCl)cc1. The molecular weight excluding hydrogens is 405 g/mol. The Kier molecular flexibility index (Phi) is 7.84. The first kappa shape index (κ1) is 21.9. The number of carbonyl (C=O) groups is 1. The van der Waals surface area contributed by atoms with Crippen LogP contribution in [-0.4, -0.2) is 30.3 Å². The molecule has 0 aliphatic heterocycles. The van der Waals surface area contributed by atoms with Gasteiger partial charge in [-0.05, 0) is 55.7 Å². The van der Waals surface area contributed by atoms with Crippen molar-refractivity contribution < 1.29 is 9.53 Å². The highest BCUT2D eigenvalue weighted by Gasteiger charge is 2.31. The number of carbonyl (C=O) groups excluding carboxylic acids is 1. The molecule has 3 nitrogen and oxygen atoms in total. The van der Waals surface area contributed by atoms with Crippen LogP contribution in [0.1, 0.15) is 25.0 Å². The first-order valence-electron chi connectivity index (χ1n) is 8.69.